The van der Waals surface area contributed by atoms with E-state index < -0.39 is 51.1 Å². The highest BCUT2D eigenvalue weighted by Crippen LogP contribution is 2.42. The largest absolute Gasteiger partial charge is 0.573 e. The van der Waals surface area contributed by atoms with Crippen LogP contribution in [-0.2, 0) is 22.7 Å². The molecule has 10 nitrogen and oxygen atoms in total. The Kier molecular flexibility index (Phi) is 6.98. The molecule has 0 saturated carbocycles. The second kappa shape index (κ2) is 10.3. The number of hydrogen-bond acceptors (Lipinski definition) is 8. The number of ether oxygens (including phenoxy) is 1. The lowest BCUT2D eigenvalue weighted by molar-refractivity contribution is -0.274. The molecule has 5 rings (SSSR count). The van der Waals surface area contributed by atoms with Gasteiger partial charge in [-0.15, -0.1) is 23.4 Å². The van der Waals surface area contributed by atoms with E-state index in [1.807, 2.05) is 0 Å². The van der Waals surface area contributed by atoms with Crippen LogP contribution in [0.2, 0.25) is 0 Å². The first-order chi connectivity index (χ1) is 19.3. The molecule has 0 aliphatic carbocycles. The van der Waals surface area contributed by atoms with Crippen LogP contribution in [0, 0.1) is 0 Å². The number of hydrogen-bond donors (Lipinski definition) is 1. The van der Waals surface area contributed by atoms with E-state index in [2.05, 4.69) is 35.3 Å². The van der Waals surface area contributed by atoms with Crippen LogP contribution in [0.4, 0.5) is 32.2 Å². The van der Waals surface area contributed by atoms with Crippen molar-refractivity contribution in [3.63, 3.8) is 0 Å². The van der Waals surface area contributed by atoms with Crippen molar-refractivity contribution in [2.75, 3.05) is 4.31 Å². The predicted molar refractivity (Wildman–Crippen MR) is 131 cm³/mol. The zero-order valence-corrected chi connectivity index (χ0v) is 21.0. The van der Waals surface area contributed by atoms with Gasteiger partial charge >= 0.3 is 12.5 Å². The van der Waals surface area contributed by atoms with Crippen LogP contribution < -0.4 is 9.04 Å². The van der Waals surface area contributed by atoms with Gasteiger partial charge in [0.05, 0.1) is 6.54 Å². The molecule has 3 heterocycles. The van der Waals surface area contributed by atoms with Gasteiger partial charge in [0.1, 0.15) is 21.9 Å². The van der Waals surface area contributed by atoms with E-state index in [0.717, 1.165) is 42.7 Å². The topological polar surface area (TPSA) is 127 Å². The molecule has 0 radical (unpaired) electrons. The Morgan fingerprint density at radius 2 is 1.61 bits per heavy atom. The molecule has 5 aromatic rings. The fourth-order valence-corrected chi connectivity index (χ4v) is 5.29. The number of tetrazole rings is 1. The maximum Gasteiger partial charge on any atom is 0.573 e. The third kappa shape index (κ3) is 5.88. The molecule has 0 saturated heterocycles. The summed E-state index contributed by atoms with van der Waals surface area (Å²) >= 11 is 0. The zero-order valence-electron chi connectivity index (χ0n) is 20.2. The van der Waals surface area contributed by atoms with E-state index in [-0.39, 0.29) is 27.9 Å². The number of anilines is 1. The summed E-state index contributed by atoms with van der Waals surface area (Å²) in [5.41, 5.74) is -1.14. The number of benzene rings is 2. The van der Waals surface area contributed by atoms with E-state index in [1.54, 1.807) is 0 Å². The van der Waals surface area contributed by atoms with Gasteiger partial charge in [0, 0.05) is 17.8 Å². The Labute approximate surface area is 226 Å². The van der Waals surface area contributed by atoms with E-state index in [4.69, 9.17) is 0 Å². The second-order valence-electron chi connectivity index (χ2n) is 8.36. The van der Waals surface area contributed by atoms with Crippen molar-refractivity contribution < 1.29 is 39.5 Å². The van der Waals surface area contributed by atoms with Crippen LogP contribution in [0.25, 0.3) is 22.3 Å². The molecule has 17 heteroatoms. The Bertz CT molecular complexity index is 1780. The Morgan fingerprint density at radius 1 is 0.878 bits per heavy atom. The first-order valence-electron chi connectivity index (χ1n) is 11.4. The van der Waals surface area contributed by atoms with Crippen LogP contribution >= 0.6 is 0 Å². The lowest BCUT2D eigenvalue weighted by Crippen LogP contribution is -2.33. The molecule has 0 spiro atoms. The van der Waals surface area contributed by atoms with Crippen LogP contribution in [0.15, 0.2) is 78.0 Å². The van der Waals surface area contributed by atoms with Gasteiger partial charge in [-0.2, -0.15) is 18.4 Å². The molecule has 0 aliphatic rings. The Hall–Kier alpha value is -4.80. The van der Waals surface area contributed by atoms with Crippen molar-refractivity contribution >= 4 is 26.6 Å². The van der Waals surface area contributed by atoms with E-state index in [9.17, 15) is 34.8 Å². The highest BCUT2D eigenvalue weighted by atomic mass is 32.2. The van der Waals surface area contributed by atoms with E-state index >= 15 is 0 Å². The summed E-state index contributed by atoms with van der Waals surface area (Å²) in [7, 11) is -4.80. The van der Waals surface area contributed by atoms with Crippen molar-refractivity contribution in [3.8, 4) is 17.3 Å². The van der Waals surface area contributed by atoms with Gasteiger partial charge in [-0.05, 0) is 40.4 Å². The van der Waals surface area contributed by atoms with Crippen molar-refractivity contribution in [1.82, 2.24) is 30.6 Å². The maximum atomic E-state index is 14.5. The van der Waals surface area contributed by atoms with Gasteiger partial charge in [-0.1, -0.05) is 36.4 Å². The molecule has 0 unspecified atom stereocenters. The lowest BCUT2D eigenvalue weighted by Gasteiger charge is -2.27. The van der Waals surface area contributed by atoms with Crippen LogP contribution in [0.3, 0.4) is 0 Å². The number of sulfonamides is 1. The average Bonchev–Trinajstić information content (AvgIpc) is 3.46. The SMILES string of the molecule is O=S(=O)(c1ccc(-c2nn[nH]n2)nc1)N(Cc1ccc(OC(F)(F)F)cc1)c1ncc2ccccc2c1C(F)(F)F. The molecule has 0 atom stereocenters. The van der Waals surface area contributed by atoms with Gasteiger partial charge < -0.3 is 4.74 Å². The number of pyridine rings is 2. The minimum Gasteiger partial charge on any atom is -0.406 e. The zero-order chi connectivity index (χ0) is 29.4. The standard InChI is InChI=1S/C24H15F6N7O3S/c25-23(26,27)20-18-4-2-1-3-15(18)11-32-22(20)37(13-14-5-7-16(8-6-14)40-24(28,29)30)41(38,39)17-9-10-19(31-12-17)21-33-35-36-34-21/h1-12H,13H2,(H,33,34,35,36). The molecule has 0 aliphatic heterocycles. The highest BCUT2D eigenvalue weighted by Gasteiger charge is 2.41. The number of aromatic amines is 1. The van der Waals surface area contributed by atoms with Crippen molar-refractivity contribution in [2.45, 2.75) is 24.0 Å². The van der Waals surface area contributed by atoms with Crippen molar-refractivity contribution in [3.05, 3.63) is 84.2 Å². The Morgan fingerprint density at radius 3 is 2.22 bits per heavy atom. The summed E-state index contributed by atoms with van der Waals surface area (Å²) in [6.45, 7) is -0.727. The quantitative estimate of drug-likeness (QED) is 0.257. The Balaban J connectivity index is 1.64. The smallest absolute Gasteiger partial charge is 0.406 e. The van der Waals surface area contributed by atoms with E-state index in [0.29, 0.717) is 4.31 Å². The molecule has 3 aromatic heterocycles. The number of alkyl halides is 6. The molecule has 2 aromatic carbocycles. The maximum absolute atomic E-state index is 14.5. The molecular weight excluding hydrogens is 580 g/mol. The molecule has 0 amide bonds. The number of aromatic nitrogens is 6. The lowest BCUT2D eigenvalue weighted by atomic mass is 10.1. The number of nitrogens with zero attached hydrogens (tertiary/aromatic N) is 6. The minimum absolute atomic E-state index is 0.0440. The summed E-state index contributed by atoms with van der Waals surface area (Å²) in [5.74, 6) is -1.49. The van der Waals surface area contributed by atoms with Crippen LogP contribution in [0.1, 0.15) is 11.1 Å². The fourth-order valence-electron chi connectivity index (χ4n) is 3.92. The number of nitrogens with one attached hydrogen (secondary N) is 1. The average molecular weight is 595 g/mol. The van der Waals surface area contributed by atoms with Gasteiger partial charge in [0.2, 0.25) is 5.82 Å². The molecule has 1 N–H and O–H groups in total. The van der Waals surface area contributed by atoms with Crippen molar-refractivity contribution in [1.29, 1.82) is 0 Å². The van der Waals surface area contributed by atoms with Gasteiger partial charge in [0.15, 0.2) is 5.82 Å². The molecule has 0 bridgehead atoms. The third-order valence-electron chi connectivity index (χ3n) is 5.68. The summed E-state index contributed by atoms with van der Waals surface area (Å²) in [5, 5.41) is 12.9. The number of rotatable bonds is 7. The normalized spacial score (nSPS) is 12.4. The highest BCUT2D eigenvalue weighted by molar-refractivity contribution is 7.92. The molecule has 41 heavy (non-hydrogen) atoms. The van der Waals surface area contributed by atoms with Gasteiger partial charge in [-0.3, -0.25) is 4.98 Å². The predicted octanol–water partition coefficient (Wildman–Crippen LogP) is 5.12. The van der Waals surface area contributed by atoms with E-state index in [1.165, 1.54) is 30.3 Å². The molecular formula is C24H15F6N7O3S. The first-order valence-corrected chi connectivity index (χ1v) is 12.8. The fraction of sp³-hybridized carbons (Fsp3) is 0.125. The minimum atomic E-state index is -5.04. The molecule has 0 fully saturated rings. The number of H-pyrrole nitrogens is 1. The summed E-state index contributed by atoms with van der Waals surface area (Å²) < 4.78 is 113. The monoisotopic (exact) mass is 595 g/mol. The van der Waals surface area contributed by atoms with Gasteiger partial charge in [-0.25, -0.2) is 17.7 Å². The van der Waals surface area contributed by atoms with Crippen LogP contribution in [-0.4, -0.2) is 45.4 Å². The number of fused-ring (bicyclic) bond motifs is 1. The third-order valence-corrected chi connectivity index (χ3v) is 7.40. The van der Waals surface area contributed by atoms with Crippen molar-refractivity contribution in [2.24, 2.45) is 0 Å². The summed E-state index contributed by atoms with van der Waals surface area (Å²) in [4.78, 5) is 7.37. The first kappa shape index (κ1) is 27.8. The number of halogens is 6. The van der Waals surface area contributed by atoms with Crippen LogP contribution in [0.5, 0.6) is 5.75 Å². The summed E-state index contributed by atoms with van der Waals surface area (Å²) in [6.07, 6.45) is -8.01. The molecule has 212 valence electrons. The summed E-state index contributed by atoms with van der Waals surface area (Å²) in [6, 6.07) is 11.8. The van der Waals surface area contributed by atoms with Gasteiger partial charge in [0.25, 0.3) is 10.0 Å². The second-order valence-corrected chi connectivity index (χ2v) is 10.2.